The minimum absolute atomic E-state index is 0.789. The van der Waals surface area contributed by atoms with Gasteiger partial charge in [-0.3, -0.25) is 4.90 Å². The van der Waals surface area contributed by atoms with Crippen LogP contribution in [-0.2, 0) is 19.5 Å². The van der Waals surface area contributed by atoms with Gasteiger partial charge in [0.1, 0.15) is 0 Å². The molecular weight excluding hydrogens is 398 g/mol. The van der Waals surface area contributed by atoms with Crippen LogP contribution in [-0.4, -0.2) is 57.6 Å². The zero-order chi connectivity index (χ0) is 20.3. The lowest BCUT2D eigenvalue weighted by Gasteiger charge is -2.35. The predicted molar refractivity (Wildman–Crippen MR) is 118 cm³/mol. The number of piperazine rings is 1. The van der Waals surface area contributed by atoms with Gasteiger partial charge >= 0.3 is 0 Å². The van der Waals surface area contributed by atoms with E-state index in [4.69, 9.17) is 16.6 Å². The van der Waals surface area contributed by atoms with Crippen LogP contribution >= 0.6 is 11.6 Å². The second-order valence-electron chi connectivity index (χ2n) is 7.76. The quantitative estimate of drug-likeness (QED) is 0.641. The third-order valence-electron chi connectivity index (χ3n) is 5.69. The minimum Gasteiger partial charge on any atom is -0.337 e. The van der Waals surface area contributed by atoms with Crippen LogP contribution in [0.2, 0.25) is 5.02 Å². The van der Waals surface area contributed by atoms with E-state index in [1.54, 1.807) is 12.4 Å². The fraction of sp³-hybridized carbons (Fsp3) is 0.364. The van der Waals surface area contributed by atoms with E-state index in [0.717, 1.165) is 69.2 Å². The van der Waals surface area contributed by atoms with Crippen LogP contribution in [0.15, 0.2) is 48.9 Å². The van der Waals surface area contributed by atoms with E-state index in [-0.39, 0.29) is 0 Å². The van der Waals surface area contributed by atoms with Gasteiger partial charge in [0, 0.05) is 81.4 Å². The summed E-state index contributed by atoms with van der Waals surface area (Å²) in [6.07, 6.45) is 6.53. The molecule has 1 fully saturated rings. The summed E-state index contributed by atoms with van der Waals surface area (Å²) < 4.78 is 0. The van der Waals surface area contributed by atoms with Gasteiger partial charge in [-0.05, 0) is 23.8 Å². The summed E-state index contributed by atoms with van der Waals surface area (Å²) in [4.78, 5) is 25.2. The van der Waals surface area contributed by atoms with E-state index < -0.39 is 0 Å². The van der Waals surface area contributed by atoms with Gasteiger partial charge in [-0.1, -0.05) is 23.7 Å². The van der Waals surface area contributed by atoms with Crippen molar-refractivity contribution in [3.63, 3.8) is 0 Å². The van der Waals surface area contributed by atoms with E-state index in [1.807, 2.05) is 30.5 Å². The van der Waals surface area contributed by atoms with Gasteiger partial charge in [-0.15, -0.1) is 0 Å². The van der Waals surface area contributed by atoms with Crippen LogP contribution in [0.3, 0.4) is 0 Å². The van der Waals surface area contributed by atoms with Crippen LogP contribution in [0.1, 0.15) is 16.8 Å². The van der Waals surface area contributed by atoms with E-state index in [0.29, 0.717) is 0 Å². The van der Waals surface area contributed by atoms with Gasteiger partial charge in [-0.25, -0.2) is 19.9 Å². The molecule has 0 radical (unpaired) electrons. The number of halogens is 1. The van der Waals surface area contributed by atoms with Gasteiger partial charge in [0.05, 0.1) is 5.69 Å². The Bertz CT molecular complexity index is 1010. The highest BCUT2D eigenvalue weighted by Gasteiger charge is 2.23. The highest BCUT2D eigenvalue weighted by molar-refractivity contribution is 6.30. The number of hydrogen-bond donors (Lipinski definition) is 0. The molecule has 4 heterocycles. The van der Waals surface area contributed by atoms with E-state index in [1.165, 1.54) is 16.8 Å². The van der Waals surface area contributed by atoms with Crippen molar-refractivity contribution in [1.82, 2.24) is 24.8 Å². The summed E-state index contributed by atoms with van der Waals surface area (Å²) in [7, 11) is 0. The Kier molecular flexibility index (Phi) is 5.46. The van der Waals surface area contributed by atoms with Crippen molar-refractivity contribution in [2.45, 2.75) is 19.5 Å². The molecule has 5 rings (SSSR count). The highest BCUT2D eigenvalue weighted by atomic mass is 35.5. The molecule has 2 aliphatic heterocycles. The first-order valence-corrected chi connectivity index (χ1v) is 10.7. The number of benzene rings is 1. The largest absolute Gasteiger partial charge is 0.337 e. The summed E-state index contributed by atoms with van der Waals surface area (Å²) in [6, 6.07) is 9.93. The van der Waals surface area contributed by atoms with Gasteiger partial charge < -0.3 is 9.80 Å². The molecule has 154 valence electrons. The number of rotatable bonds is 4. The molecule has 0 unspecified atom stereocenters. The Balaban J connectivity index is 1.22. The molecule has 0 spiro atoms. The first-order valence-electron chi connectivity index (χ1n) is 10.3. The Labute approximate surface area is 181 Å². The van der Waals surface area contributed by atoms with Crippen molar-refractivity contribution in [3.8, 4) is 0 Å². The molecule has 0 atom stereocenters. The van der Waals surface area contributed by atoms with Crippen LogP contribution in [0.4, 0.5) is 11.9 Å². The first-order chi connectivity index (χ1) is 14.7. The Morgan fingerprint density at radius 3 is 2.40 bits per heavy atom. The highest BCUT2D eigenvalue weighted by Crippen LogP contribution is 2.22. The third-order valence-corrected chi connectivity index (χ3v) is 5.93. The summed E-state index contributed by atoms with van der Waals surface area (Å²) in [5, 5.41) is 0.789. The monoisotopic (exact) mass is 421 g/mol. The SMILES string of the molecule is Clc1cccc(CN2CCc3nc(N4CCN(c5ncccn5)CC4)ncc3C2)c1. The van der Waals surface area contributed by atoms with Crippen LogP contribution in [0.5, 0.6) is 0 Å². The molecule has 0 saturated carbocycles. The lowest BCUT2D eigenvalue weighted by atomic mass is 10.1. The lowest BCUT2D eigenvalue weighted by Crippen LogP contribution is -2.47. The lowest BCUT2D eigenvalue weighted by molar-refractivity contribution is 0.243. The fourth-order valence-corrected chi connectivity index (χ4v) is 4.32. The zero-order valence-corrected chi connectivity index (χ0v) is 17.5. The Morgan fingerprint density at radius 2 is 1.63 bits per heavy atom. The molecule has 7 nitrogen and oxygen atoms in total. The zero-order valence-electron chi connectivity index (χ0n) is 16.8. The normalized spacial score (nSPS) is 17.1. The number of hydrogen-bond acceptors (Lipinski definition) is 7. The number of aromatic nitrogens is 4. The summed E-state index contributed by atoms with van der Waals surface area (Å²) in [6.45, 7) is 6.26. The molecule has 1 aromatic carbocycles. The number of fused-ring (bicyclic) bond motifs is 1. The third kappa shape index (κ3) is 4.22. The second-order valence-corrected chi connectivity index (χ2v) is 8.19. The Hall–Kier alpha value is -2.77. The van der Waals surface area contributed by atoms with Crippen LogP contribution in [0, 0.1) is 0 Å². The predicted octanol–water partition coefficient (Wildman–Crippen LogP) is 2.80. The van der Waals surface area contributed by atoms with Crippen LogP contribution in [0.25, 0.3) is 0 Å². The molecule has 0 amide bonds. The average molecular weight is 422 g/mol. The van der Waals surface area contributed by atoms with E-state index in [2.05, 4.69) is 35.7 Å². The van der Waals surface area contributed by atoms with Gasteiger partial charge in [0.15, 0.2) is 0 Å². The van der Waals surface area contributed by atoms with Crippen molar-refractivity contribution < 1.29 is 0 Å². The molecule has 0 aliphatic carbocycles. The maximum absolute atomic E-state index is 6.13. The number of nitrogens with zero attached hydrogens (tertiary/aromatic N) is 7. The summed E-state index contributed by atoms with van der Waals surface area (Å²) in [5.41, 5.74) is 3.64. The molecule has 0 bridgehead atoms. The molecule has 8 heteroatoms. The van der Waals surface area contributed by atoms with Crippen molar-refractivity contribution >= 4 is 23.5 Å². The molecule has 0 N–H and O–H groups in total. The molecule has 2 aliphatic rings. The minimum atomic E-state index is 0.789. The standard InChI is InChI=1S/C22H24ClN7/c23-19-4-1-3-17(13-19)15-28-8-5-20-18(16-28)14-26-22(27-20)30-11-9-29(10-12-30)21-24-6-2-7-25-21/h1-4,6-7,13-14H,5,8-12,15-16H2. The topological polar surface area (TPSA) is 61.3 Å². The van der Waals surface area contributed by atoms with Gasteiger partial charge in [-0.2, -0.15) is 0 Å². The molecular formula is C22H24ClN7. The van der Waals surface area contributed by atoms with Crippen molar-refractivity contribution in [2.75, 3.05) is 42.5 Å². The van der Waals surface area contributed by atoms with Crippen molar-refractivity contribution in [1.29, 1.82) is 0 Å². The van der Waals surface area contributed by atoms with Crippen molar-refractivity contribution in [2.24, 2.45) is 0 Å². The van der Waals surface area contributed by atoms with Crippen molar-refractivity contribution in [3.05, 3.63) is 70.8 Å². The summed E-state index contributed by atoms with van der Waals surface area (Å²) >= 11 is 6.13. The van der Waals surface area contributed by atoms with E-state index in [9.17, 15) is 0 Å². The van der Waals surface area contributed by atoms with Gasteiger partial charge in [0.25, 0.3) is 0 Å². The first kappa shape index (κ1) is 19.2. The Morgan fingerprint density at radius 1 is 0.867 bits per heavy atom. The second kappa shape index (κ2) is 8.53. The molecule has 3 aromatic rings. The summed E-state index contributed by atoms with van der Waals surface area (Å²) in [5.74, 6) is 1.63. The molecule has 1 saturated heterocycles. The molecule has 30 heavy (non-hydrogen) atoms. The fourth-order valence-electron chi connectivity index (χ4n) is 4.11. The van der Waals surface area contributed by atoms with E-state index >= 15 is 0 Å². The average Bonchev–Trinajstić information content (AvgIpc) is 2.79. The number of anilines is 2. The maximum atomic E-state index is 6.13. The van der Waals surface area contributed by atoms with Crippen LogP contribution < -0.4 is 9.80 Å². The maximum Gasteiger partial charge on any atom is 0.225 e. The molecule has 2 aromatic heterocycles. The smallest absolute Gasteiger partial charge is 0.225 e. The van der Waals surface area contributed by atoms with Gasteiger partial charge in [0.2, 0.25) is 11.9 Å².